The highest BCUT2D eigenvalue weighted by atomic mass is 35.5. The minimum Gasteiger partial charge on any atom is -0.396 e. The summed E-state index contributed by atoms with van der Waals surface area (Å²) in [5.41, 5.74) is 7.97. The van der Waals surface area contributed by atoms with Crippen molar-refractivity contribution in [2.24, 2.45) is 0 Å². The molecule has 1 aromatic heterocycles. The zero-order valence-electron chi connectivity index (χ0n) is 10.6. The van der Waals surface area contributed by atoms with Crippen LogP contribution in [0.2, 0.25) is 5.02 Å². The van der Waals surface area contributed by atoms with Gasteiger partial charge in [-0.1, -0.05) is 41.9 Å². The summed E-state index contributed by atoms with van der Waals surface area (Å²) >= 11 is 5.92. The number of nitrogens with two attached hydrogens (primary N) is 1. The highest BCUT2D eigenvalue weighted by Crippen LogP contribution is 2.35. The maximum atomic E-state index is 6.05. The number of pyridine rings is 1. The summed E-state index contributed by atoms with van der Waals surface area (Å²) < 4.78 is 0. The van der Waals surface area contributed by atoms with Crippen molar-refractivity contribution >= 4 is 23.1 Å². The van der Waals surface area contributed by atoms with Gasteiger partial charge in [0.25, 0.3) is 0 Å². The monoisotopic (exact) mass is 273 g/mol. The van der Waals surface area contributed by atoms with Crippen molar-refractivity contribution in [3.05, 3.63) is 53.2 Å². The Morgan fingerprint density at radius 3 is 2.63 bits per heavy atom. The van der Waals surface area contributed by atoms with Crippen molar-refractivity contribution in [3.8, 4) is 0 Å². The normalized spacial score (nSPS) is 14.4. The van der Waals surface area contributed by atoms with Gasteiger partial charge in [-0.3, -0.25) is 0 Å². The SMILES string of the molecule is Nc1cc(Cl)cnc1N(Cc1ccccc1)C1CC1. The molecular weight excluding hydrogens is 258 g/mol. The molecule has 98 valence electrons. The van der Waals surface area contributed by atoms with Gasteiger partial charge in [0.05, 0.1) is 10.7 Å². The van der Waals surface area contributed by atoms with E-state index in [9.17, 15) is 0 Å². The lowest BCUT2D eigenvalue weighted by Gasteiger charge is -2.25. The zero-order valence-corrected chi connectivity index (χ0v) is 11.3. The molecule has 0 amide bonds. The third-order valence-corrected chi connectivity index (χ3v) is 3.52. The van der Waals surface area contributed by atoms with Crippen LogP contribution >= 0.6 is 11.6 Å². The number of rotatable bonds is 4. The fourth-order valence-electron chi connectivity index (χ4n) is 2.23. The lowest BCUT2D eigenvalue weighted by molar-refractivity contribution is 0.780. The molecule has 0 spiro atoms. The molecule has 19 heavy (non-hydrogen) atoms. The van der Waals surface area contributed by atoms with E-state index in [2.05, 4.69) is 34.1 Å². The van der Waals surface area contributed by atoms with E-state index in [-0.39, 0.29) is 0 Å². The van der Waals surface area contributed by atoms with Gasteiger partial charge < -0.3 is 10.6 Å². The van der Waals surface area contributed by atoms with Gasteiger partial charge in [-0.15, -0.1) is 0 Å². The summed E-state index contributed by atoms with van der Waals surface area (Å²) in [5.74, 6) is 0.843. The quantitative estimate of drug-likeness (QED) is 0.927. The van der Waals surface area contributed by atoms with E-state index in [1.807, 2.05) is 6.07 Å². The highest BCUT2D eigenvalue weighted by Gasteiger charge is 2.31. The fourth-order valence-corrected chi connectivity index (χ4v) is 2.40. The van der Waals surface area contributed by atoms with Gasteiger partial charge in [-0.2, -0.15) is 0 Å². The van der Waals surface area contributed by atoms with Gasteiger partial charge in [-0.25, -0.2) is 4.98 Å². The van der Waals surface area contributed by atoms with E-state index in [0.29, 0.717) is 16.8 Å². The summed E-state index contributed by atoms with van der Waals surface area (Å²) in [7, 11) is 0. The lowest BCUT2D eigenvalue weighted by Crippen LogP contribution is -2.26. The van der Waals surface area contributed by atoms with E-state index >= 15 is 0 Å². The minimum atomic E-state index is 0.552. The predicted octanol–water partition coefficient (Wildman–Crippen LogP) is 3.49. The van der Waals surface area contributed by atoms with Crippen molar-refractivity contribution in [3.63, 3.8) is 0 Å². The molecular formula is C15H16ClN3. The molecule has 0 radical (unpaired) electrons. The van der Waals surface area contributed by atoms with E-state index in [1.54, 1.807) is 12.3 Å². The van der Waals surface area contributed by atoms with Crippen molar-refractivity contribution in [2.45, 2.75) is 25.4 Å². The van der Waals surface area contributed by atoms with Gasteiger partial charge in [0.15, 0.2) is 5.82 Å². The molecule has 1 heterocycles. The predicted molar refractivity (Wildman–Crippen MR) is 79.3 cm³/mol. The number of nitrogens with zero attached hydrogens (tertiary/aromatic N) is 2. The van der Waals surface area contributed by atoms with Gasteiger partial charge in [0, 0.05) is 18.8 Å². The Kier molecular flexibility index (Phi) is 3.30. The topological polar surface area (TPSA) is 42.1 Å². The number of hydrogen-bond acceptors (Lipinski definition) is 3. The number of benzene rings is 1. The van der Waals surface area contributed by atoms with Gasteiger partial charge >= 0.3 is 0 Å². The maximum Gasteiger partial charge on any atom is 0.152 e. The minimum absolute atomic E-state index is 0.552. The number of aromatic nitrogens is 1. The number of nitrogen functional groups attached to an aromatic ring is 1. The van der Waals surface area contributed by atoms with Crippen LogP contribution in [0.5, 0.6) is 0 Å². The van der Waals surface area contributed by atoms with E-state index < -0.39 is 0 Å². The number of hydrogen-bond donors (Lipinski definition) is 1. The summed E-state index contributed by atoms with van der Waals surface area (Å²) in [4.78, 5) is 6.68. The summed E-state index contributed by atoms with van der Waals surface area (Å²) in [6.45, 7) is 0.838. The molecule has 2 aromatic rings. The maximum absolute atomic E-state index is 6.05. The molecule has 1 aromatic carbocycles. The van der Waals surface area contributed by atoms with Crippen LogP contribution in [0, 0.1) is 0 Å². The zero-order chi connectivity index (χ0) is 13.2. The Balaban J connectivity index is 1.89. The van der Waals surface area contributed by atoms with E-state index in [0.717, 1.165) is 12.4 Å². The second kappa shape index (κ2) is 5.10. The Hall–Kier alpha value is -1.74. The fraction of sp³-hybridized carbons (Fsp3) is 0.267. The van der Waals surface area contributed by atoms with Crippen LogP contribution < -0.4 is 10.6 Å². The number of anilines is 2. The first-order valence-corrected chi connectivity index (χ1v) is 6.83. The molecule has 0 bridgehead atoms. The van der Waals surface area contributed by atoms with Crippen LogP contribution in [-0.2, 0) is 6.54 Å². The van der Waals surface area contributed by atoms with Crippen molar-refractivity contribution in [1.82, 2.24) is 4.98 Å². The molecule has 0 unspecified atom stereocenters. The van der Waals surface area contributed by atoms with E-state index in [1.165, 1.54) is 18.4 Å². The van der Waals surface area contributed by atoms with Crippen molar-refractivity contribution in [1.29, 1.82) is 0 Å². The average Bonchev–Trinajstić information content (AvgIpc) is 3.22. The largest absolute Gasteiger partial charge is 0.396 e. The Morgan fingerprint density at radius 1 is 1.26 bits per heavy atom. The van der Waals surface area contributed by atoms with Crippen LogP contribution in [0.1, 0.15) is 18.4 Å². The highest BCUT2D eigenvalue weighted by molar-refractivity contribution is 6.30. The molecule has 0 aliphatic heterocycles. The van der Waals surface area contributed by atoms with Crippen LogP contribution in [0.25, 0.3) is 0 Å². The van der Waals surface area contributed by atoms with Gasteiger partial charge in [0.1, 0.15) is 0 Å². The van der Waals surface area contributed by atoms with Crippen LogP contribution in [-0.4, -0.2) is 11.0 Å². The molecule has 3 nitrogen and oxygen atoms in total. The second-order valence-electron chi connectivity index (χ2n) is 4.91. The second-order valence-corrected chi connectivity index (χ2v) is 5.35. The third kappa shape index (κ3) is 2.82. The molecule has 0 atom stereocenters. The van der Waals surface area contributed by atoms with Crippen molar-refractivity contribution < 1.29 is 0 Å². The standard InChI is InChI=1S/C15H16ClN3/c16-12-8-14(17)15(18-9-12)19(13-6-7-13)10-11-4-2-1-3-5-11/h1-5,8-9,13H,6-7,10,17H2. The Bertz CT molecular complexity index is 567. The summed E-state index contributed by atoms with van der Waals surface area (Å²) in [5, 5.41) is 0.580. The first kappa shape index (κ1) is 12.3. The first-order chi connectivity index (χ1) is 9.24. The van der Waals surface area contributed by atoms with Crippen LogP contribution in [0.15, 0.2) is 42.6 Å². The van der Waals surface area contributed by atoms with Gasteiger partial charge in [-0.05, 0) is 24.5 Å². The third-order valence-electron chi connectivity index (χ3n) is 3.32. The molecule has 3 rings (SSSR count). The Morgan fingerprint density at radius 2 is 2.00 bits per heavy atom. The molecule has 4 heteroatoms. The lowest BCUT2D eigenvalue weighted by atomic mass is 10.2. The van der Waals surface area contributed by atoms with Crippen molar-refractivity contribution in [2.75, 3.05) is 10.6 Å². The summed E-state index contributed by atoms with van der Waals surface area (Å²) in [6, 6.07) is 12.7. The molecule has 1 aliphatic rings. The van der Waals surface area contributed by atoms with E-state index in [4.69, 9.17) is 17.3 Å². The van der Waals surface area contributed by atoms with Crippen LogP contribution in [0.3, 0.4) is 0 Å². The number of halogens is 1. The molecule has 1 saturated carbocycles. The smallest absolute Gasteiger partial charge is 0.152 e. The molecule has 1 aliphatic carbocycles. The molecule has 0 saturated heterocycles. The first-order valence-electron chi connectivity index (χ1n) is 6.45. The summed E-state index contributed by atoms with van der Waals surface area (Å²) in [6.07, 6.45) is 4.07. The van der Waals surface area contributed by atoms with Gasteiger partial charge in [0.2, 0.25) is 0 Å². The molecule has 2 N–H and O–H groups in total. The molecule has 1 fully saturated rings. The van der Waals surface area contributed by atoms with Crippen LogP contribution in [0.4, 0.5) is 11.5 Å². The Labute approximate surface area is 118 Å². The average molecular weight is 274 g/mol.